The highest BCUT2D eigenvalue weighted by atomic mass is 32.2. The fourth-order valence-electron chi connectivity index (χ4n) is 2.79. The maximum Gasteiger partial charge on any atom is 0.244 e. The van der Waals surface area contributed by atoms with Crippen molar-refractivity contribution in [3.63, 3.8) is 0 Å². The number of sulfonamides is 1. The van der Waals surface area contributed by atoms with E-state index in [1.54, 1.807) is 12.1 Å². The number of hydrogen-bond acceptors (Lipinski definition) is 2. The minimum atomic E-state index is -3.54. The molecule has 1 aromatic rings. The lowest BCUT2D eigenvalue weighted by atomic mass is 10.1. The summed E-state index contributed by atoms with van der Waals surface area (Å²) in [5.74, 6) is 2.63. The Morgan fingerprint density at radius 3 is 2.62 bits per heavy atom. The summed E-state index contributed by atoms with van der Waals surface area (Å²) >= 11 is 0. The third-order valence-corrected chi connectivity index (χ3v) is 5.91. The first-order valence-corrected chi connectivity index (χ1v) is 8.62. The lowest BCUT2D eigenvalue weighted by Gasteiger charge is -2.27. The second kappa shape index (κ2) is 6.46. The number of hydrogen-bond donors (Lipinski definition) is 0. The molecule has 3 nitrogen and oxygen atoms in total. The third-order valence-electron chi connectivity index (χ3n) is 3.93. The Morgan fingerprint density at radius 1 is 1.38 bits per heavy atom. The van der Waals surface area contributed by atoms with Crippen molar-refractivity contribution in [3.05, 3.63) is 42.5 Å². The Bertz CT molecular complexity index is 640. The molecule has 2 rings (SSSR count). The second-order valence-corrected chi connectivity index (χ2v) is 7.27. The van der Waals surface area contributed by atoms with Crippen molar-refractivity contribution in [2.45, 2.75) is 49.6 Å². The van der Waals surface area contributed by atoms with Gasteiger partial charge in [0, 0.05) is 6.04 Å². The number of rotatable bonds is 5. The molecule has 0 amide bonds. The molecule has 1 heterocycles. The molecule has 0 N–H and O–H groups in total. The van der Waals surface area contributed by atoms with Gasteiger partial charge in [-0.2, -0.15) is 4.31 Å². The van der Waals surface area contributed by atoms with Crippen LogP contribution in [0.5, 0.6) is 0 Å². The summed E-state index contributed by atoms with van der Waals surface area (Å²) in [5, 5.41) is 0. The standard InChI is InChI=1S/C17H21NO2S/c1-4-6-7-16-11-10-15(5-2)18(16)21(19,20)17-12-8-14(3)9-13-17/h2,4,8-9,12-13,15-16H,1,6-7,10-11H2,3H3/t15-,16+/m1/s1. The van der Waals surface area contributed by atoms with E-state index in [9.17, 15) is 8.42 Å². The summed E-state index contributed by atoms with van der Waals surface area (Å²) in [4.78, 5) is 0.318. The molecule has 21 heavy (non-hydrogen) atoms. The van der Waals surface area contributed by atoms with E-state index in [1.807, 2.05) is 25.1 Å². The van der Waals surface area contributed by atoms with Gasteiger partial charge in [0.1, 0.15) is 0 Å². The van der Waals surface area contributed by atoms with Gasteiger partial charge in [0.15, 0.2) is 0 Å². The average Bonchev–Trinajstić information content (AvgIpc) is 2.89. The third kappa shape index (κ3) is 3.20. The smallest absolute Gasteiger partial charge is 0.207 e. The summed E-state index contributed by atoms with van der Waals surface area (Å²) in [6.45, 7) is 5.64. The van der Waals surface area contributed by atoms with E-state index >= 15 is 0 Å². The molecule has 1 aliphatic heterocycles. The Labute approximate surface area is 127 Å². The van der Waals surface area contributed by atoms with Crippen LogP contribution in [0.4, 0.5) is 0 Å². The molecule has 0 saturated carbocycles. The minimum Gasteiger partial charge on any atom is -0.207 e. The average molecular weight is 303 g/mol. The lowest BCUT2D eigenvalue weighted by Crippen LogP contribution is -2.40. The first-order chi connectivity index (χ1) is 10.0. The fraction of sp³-hybridized carbons (Fsp3) is 0.412. The Balaban J connectivity index is 2.36. The largest absolute Gasteiger partial charge is 0.244 e. The fourth-order valence-corrected chi connectivity index (χ4v) is 4.62. The summed E-state index contributed by atoms with van der Waals surface area (Å²) in [7, 11) is -3.54. The number of allylic oxidation sites excluding steroid dienone is 1. The van der Waals surface area contributed by atoms with E-state index in [4.69, 9.17) is 6.42 Å². The zero-order chi connectivity index (χ0) is 15.5. The van der Waals surface area contributed by atoms with Gasteiger partial charge in [0.2, 0.25) is 10.0 Å². The minimum absolute atomic E-state index is 0.0321. The number of benzene rings is 1. The van der Waals surface area contributed by atoms with Gasteiger partial charge in [0.25, 0.3) is 0 Å². The second-order valence-electron chi connectivity index (χ2n) is 5.43. The number of nitrogens with zero attached hydrogens (tertiary/aromatic N) is 1. The molecule has 1 aliphatic rings. The monoisotopic (exact) mass is 303 g/mol. The summed E-state index contributed by atoms with van der Waals surface area (Å²) in [6, 6.07) is 6.56. The molecule has 4 heteroatoms. The molecule has 1 fully saturated rings. The first-order valence-electron chi connectivity index (χ1n) is 7.18. The highest BCUT2D eigenvalue weighted by Gasteiger charge is 2.40. The van der Waals surface area contributed by atoms with Crippen molar-refractivity contribution in [1.29, 1.82) is 0 Å². The molecule has 0 bridgehead atoms. The van der Waals surface area contributed by atoms with Crippen LogP contribution in [0.3, 0.4) is 0 Å². The molecule has 0 spiro atoms. The lowest BCUT2D eigenvalue weighted by molar-refractivity contribution is 0.344. The molecular formula is C17H21NO2S. The van der Waals surface area contributed by atoms with E-state index in [0.717, 1.165) is 31.2 Å². The predicted octanol–water partition coefficient (Wildman–Crippen LogP) is 3.12. The van der Waals surface area contributed by atoms with Crippen LogP contribution >= 0.6 is 0 Å². The van der Waals surface area contributed by atoms with Crippen LogP contribution in [0.2, 0.25) is 0 Å². The highest BCUT2D eigenvalue weighted by Crippen LogP contribution is 2.33. The first kappa shape index (κ1) is 15.8. The van der Waals surface area contributed by atoms with Crippen molar-refractivity contribution in [2.75, 3.05) is 0 Å². The van der Waals surface area contributed by atoms with Crippen LogP contribution < -0.4 is 0 Å². The van der Waals surface area contributed by atoms with Gasteiger partial charge in [-0.3, -0.25) is 0 Å². The van der Waals surface area contributed by atoms with Gasteiger partial charge < -0.3 is 0 Å². The van der Waals surface area contributed by atoms with E-state index in [1.165, 1.54) is 4.31 Å². The molecule has 0 aliphatic carbocycles. The number of aryl methyl sites for hydroxylation is 1. The highest BCUT2D eigenvalue weighted by molar-refractivity contribution is 7.89. The van der Waals surface area contributed by atoms with E-state index in [2.05, 4.69) is 12.5 Å². The van der Waals surface area contributed by atoms with Crippen LogP contribution in [0.1, 0.15) is 31.2 Å². The molecule has 2 atom stereocenters. The molecular weight excluding hydrogens is 282 g/mol. The maximum absolute atomic E-state index is 12.9. The predicted molar refractivity (Wildman–Crippen MR) is 85.3 cm³/mol. The Kier molecular flexibility index (Phi) is 4.87. The van der Waals surface area contributed by atoms with Gasteiger partial charge in [0.05, 0.1) is 10.9 Å². The normalized spacial score (nSPS) is 22.9. The van der Waals surface area contributed by atoms with Crippen LogP contribution in [-0.4, -0.2) is 24.8 Å². The van der Waals surface area contributed by atoms with E-state index in [0.29, 0.717) is 4.90 Å². The van der Waals surface area contributed by atoms with Gasteiger partial charge >= 0.3 is 0 Å². The summed E-state index contributed by atoms with van der Waals surface area (Å²) < 4.78 is 27.3. The van der Waals surface area contributed by atoms with Gasteiger partial charge in [-0.15, -0.1) is 13.0 Å². The zero-order valence-corrected chi connectivity index (χ0v) is 13.1. The number of terminal acetylenes is 1. The molecule has 0 aromatic heterocycles. The molecule has 1 saturated heterocycles. The van der Waals surface area contributed by atoms with Crippen molar-refractivity contribution in [1.82, 2.24) is 4.31 Å². The van der Waals surface area contributed by atoms with E-state index in [-0.39, 0.29) is 12.1 Å². The SMILES string of the molecule is C#C[C@@H]1CC[C@H](CCC=C)N1S(=O)(=O)c1ccc(C)cc1. The molecule has 0 unspecified atom stereocenters. The van der Waals surface area contributed by atoms with Crippen LogP contribution in [0.15, 0.2) is 41.8 Å². The Morgan fingerprint density at radius 2 is 2.05 bits per heavy atom. The molecule has 0 radical (unpaired) electrons. The van der Waals surface area contributed by atoms with Gasteiger partial charge in [-0.25, -0.2) is 8.42 Å². The quantitative estimate of drug-likeness (QED) is 0.619. The maximum atomic E-state index is 12.9. The van der Waals surface area contributed by atoms with Crippen molar-refractivity contribution < 1.29 is 8.42 Å². The van der Waals surface area contributed by atoms with Crippen LogP contribution in [0, 0.1) is 19.3 Å². The summed E-state index contributed by atoms with van der Waals surface area (Å²) in [6.07, 6.45) is 10.5. The zero-order valence-electron chi connectivity index (χ0n) is 12.3. The van der Waals surface area contributed by atoms with Crippen LogP contribution in [0.25, 0.3) is 0 Å². The van der Waals surface area contributed by atoms with Crippen molar-refractivity contribution in [2.24, 2.45) is 0 Å². The van der Waals surface area contributed by atoms with Crippen LogP contribution in [-0.2, 0) is 10.0 Å². The van der Waals surface area contributed by atoms with E-state index < -0.39 is 10.0 Å². The van der Waals surface area contributed by atoms with Gasteiger partial charge in [-0.05, 0) is 44.7 Å². The molecule has 1 aromatic carbocycles. The topological polar surface area (TPSA) is 37.4 Å². The Hall–Kier alpha value is -1.57. The summed E-state index contributed by atoms with van der Waals surface area (Å²) in [5.41, 5.74) is 1.03. The van der Waals surface area contributed by atoms with Gasteiger partial charge in [-0.1, -0.05) is 29.7 Å². The molecule has 112 valence electrons. The van der Waals surface area contributed by atoms with Crippen molar-refractivity contribution in [3.8, 4) is 12.3 Å². The van der Waals surface area contributed by atoms with Crippen molar-refractivity contribution >= 4 is 10.0 Å².